The van der Waals surface area contributed by atoms with Crippen LogP contribution >= 0.6 is 0 Å². The molecule has 136 valence electrons. The number of hydrogen-bond donors (Lipinski definition) is 1. The van der Waals surface area contributed by atoms with Crippen molar-refractivity contribution in [1.82, 2.24) is 19.0 Å². The number of hydrogen-bond acceptors (Lipinski definition) is 4. The lowest BCUT2D eigenvalue weighted by molar-refractivity contribution is 0.0950. The van der Waals surface area contributed by atoms with Gasteiger partial charge in [-0.05, 0) is 31.4 Å². The highest BCUT2D eigenvalue weighted by atomic mass is 32.2. The fraction of sp³-hybridized carbons (Fsp3) is 0.529. The molecule has 7 nitrogen and oxygen atoms in total. The Morgan fingerprint density at radius 3 is 2.92 bits per heavy atom. The van der Waals surface area contributed by atoms with Crippen molar-refractivity contribution in [2.24, 2.45) is 0 Å². The number of pyridine rings is 1. The van der Waals surface area contributed by atoms with Gasteiger partial charge in [-0.2, -0.15) is 0 Å². The fourth-order valence-corrected chi connectivity index (χ4v) is 4.20. The van der Waals surface area contributed by atoms with Crippen LogP contribution in [-0.2, 0) is 10.0 Å². The van der Waals surface area contributed by atoms with Crippen LogP contribution in [0.1, 0.15) is 48.4 Å². The number of piperidine rings is 1. The molecule has 1 atom stereocenters. The molecule has 3 rings (SSSR count). The number of carbonyl (C=O) groups is 1. The first-order valence-electron chi connectivity index (χ1n) is 8.62. The number of sulfonamides is 1. The van der Waals surface area contributed by atoms with Crippen LogP contribution < -0.4 is 5.32 Å². The van der Waals surface area contributed by atoms with Crippen LogP contribution in [-0.4, -0.2) is 53.9 Å². The maximum absolute atomic E-state index is 12.4. The van der Waals surface area contributed by atoms with Crippen LogP contribution in [0.4, 0.5) is 0 Å². The van der Waals surface area contributed by atoms with E-state index in [1.807, 2.05) is 35.7 Å². The summed E-state index contributed by atoms with van der Waals surface area (Å²) in [5, 5.41) is 2.87. The maximum Gasteiger partial charge on any atom is 0.272 e. The second-order valence-electron chi connectivity index (χ2n) is 6.49. The average molecular weight is 364 g/mol. The molecule has 1 aliphatic heterocycles. The van der Waals surface area contributed by atoms with E-state index < -0.39 is 10.0 Å². The van der Waals surface area contributed by atoms with Crippen LogP contribution in [0.5, 0.6) is 0 Å². The van der Waals surface area contributed by atoms with Gasteiger partial charge in [0.2, 0.25) is 10.0 Å². The normalized spacial score (nSPS) is 19.2. The van der Waals surface area contributed by atoms with Crippen molar-refractivity contribution in [3.63, 3.8) is 0 Å². The second kappa shape index (κ2) is 7.13. The predicted molar refractivity (Wildman–Crippen MR) is 96.2 cm³/mol. The molecule has 0 aliphatic carbocycles. The predicted octanol–water partition coefficient (Wildman–Crippen LogP) is 1.61. The quantitative estimate of drug-likeness (QED) is 0.874. The molecular weight excluding hydrogens is 340 g/mol. The summed E-state index contributed by atoms with van der Waals surface area (Å²) in [5.41, 5.74) is 1.16. The van der Waals surface area contributed by atoms with E-state index in [-0.39, 0.29) is 11.8 Å². The van der Waals surface area contributed by atoms with Crippen molar-refractivity contribution in [2.75, 3.05) is 25.9 Å². The maximum atomic E-state index is 12.4. The first kappa shape index (κ1) is 17.9. The Morgan fingerprint density at radius 1 is 1.40 bits per heavy atom. The molecule has 1 amide bonds. The monoisotopic (exact) mass is 364 g/mol. The molecule has 25 heavy (non-hydrogen) atoms. The van der Waals surface area contributed by atoms with Gasteiger partial charge in [0.25, 0.3) is 5.91 Å². The van der Waals surface area contributed by atoms with E-state index >= 15 is 0 Å². The molecule has 1 aliphatic rings. The minimum atomic E-state index is -3.22. The second-order valence-corrected chi connectivity index (χ2v) is 8.47. The molecule has 0 aromatic carbocycles. The summed E-state index contributed by atoms with van der Waals surface area (Å²) in [7, 11) is -3.22. The summed E-state index contributed by atoms with van der Waals surface area (Å²) in [6.45, 7) is 3.55. The molecule has 0 spiro atoms. The van der Waals surface area contributed by atoms with Gasteiger partial charge < -0.3 is 9.72 Å². The zero-order valence-electron chi connectivity index (χ0n) is 14.6. The topological polar surface area (TPSA) is 83.8 Å². The first-order chi connectivity index (χ1) is 11.9. The van der Waals surface area contributed by atoms with Gasteiger partial charge in [0.15, 0.2) is 5.69 Å². The summed E-state index contributed by atoms with van der Waals surface area (Å²) >= 11 is 0. The SMILES string of the molecule is CCCNC(=O)c1nc([C@@H]2CCCN(S(C)(=O)=O)C2)n2ccccc12. The number of aromatic nitrogens is 2. The molecule has 0 saturated carbocycles. The van der Waals surface area contributed by atoms with Gasteiger partial charge in [-0.15, -0.1) is 0 Å². The van der Waals surface area contributed by atoms with Gasteiger partial charge in [-0.1, -0.05) is 13.0 Å². The van der Waals surface area contributed by atoms with E-state index in [0.29, 0.717) is 25.3 Å². The smallest absolute Gasteiger partial charge is 0.272 e. The summed E-state index contributed by atoms with van der Waals surface area (Å²) in [5.74, 6) is 0.546. The van der Waals surface area contributed by atoms with E-state index in [1.54, 1.807) is 0 Å². The lowest BCUT2D eigenvalue weighted by atomic mass is 9.99. The Morgan fingerprint density at radius 2 is 2.20 bits per heavy atom. The largest absolute Gasteiger partial charge is 0.351 e. The van der Waals surface area contributed by atoms with Crippen molar-refractivity contribution in [3.05, 3.63) is 35.9 Å². The first-order valence-corrected chi connectivity index (χ1v) is 10.5. The highest BCUT2D eigenvalue weighted by Crippen LogP contribution is 2.29. The number of fused-ring (bicyclic) bond motifs is 1. The fourth-order valence-electron chi connectivity index (χ4n) is 3.29. The molecule has 1 N–H and O–H groups in total. The molecular formula is C17H24N4O3S. The Balaban J connectivity index is 1.98. The minimum Gasteiger partial charge on any atom is -0.351 e. The van der Waals surface area contributed by atoms with E-state index in [0.717, 1.165) is 30.6 Å². The Labute approximate surface area is 148 Å². The zero-order chi connectivity index (χ0) is 18.0. The van der Waals surface area contributed by atoms with Gasteiger partial charge in [0, 0.05) is 31.7 Å². The van der Waals surface area contributed by atoms with E-state index in [4.69, 9.17) is 0 Å². The summed E-state index contributed by atoms with van der Waals surface area (Å²) in [6, 6.07) is 5.64. The van der Waals surface area contributed by atoms with Crippen LogP contribution in [0.2, 0.25) is 0 Å². The van der Waals surface area contributed by atoms with Crippen molar-refractivity contribution in [2.45, 2.75) is 32.1 Å². The molecule has 0 unspecified atom stereocenters. The van der Waals surface area contributed by atoms with Gasteiger partial charge in [-0.3, -0.25) is 4.79 Å². The third-order valence-electron chi connectivity index (χ3n) is 4.54. The molecule has 0 bridgehead atoms. The van der Waals surface area contributed by atoms with Crippen molar-refractivity contribution in [1.29, 1.82) is 0 Å². The minimum absolute atomic E-state index is 0.0221. The Hall–Kier alpha value is -1.93. The molecule has 8 heteroatoms. The molecule has 2 aromatic rings. The molecule has 0 radical (unpaired) electrons. The summed E-state index contributed by atoms with van der Waals surface area (Å²) in [4.78, 5) is 17.1. The summed E-state index contributed by atoms with van der Waals surface area (Å²) < 4.78 is 27.2. The number of amides is 1. The van der Waals surface area contributed by atoms with Gasteiger partial charge in [-0.25, -0.2) is 17.7 Å². The van der Waals surface area contributed by atoms with Crippen molar-refractivity contribution >= 4 is 21.4 Å². The number of rotatable bonds is 5. The third kappa shape index (κ3) is 3.69. The zero-order valence-corrected chi connectivity index (χ0v) is 15.4. The third-order valence-corrected chi connectivity index (χ3v) is 5.81. The highest BCUT2D eigenvalue weighted by Gasteiger charge is 2.30. The van der Waals surface area contributed by atoms with Crippen LogP contribution in [0.3, 0.4) is 0 Å². The number of imidazole rings is 1. The standard InChI is InChI=1S/C17H24N4O3S/c1-3-9-18-17(22)15-14-8-4-5-11-21(14)16(19-15)13-7-6-10-20(12-13)25(2,23)24/h4-5,8,11,13H,3,6-7,9-10,12H2,1-2H3,(H,18,22)/t13-/m1/s1. The van der Waals surface area contributed by atoms with Gasteiger partial charge in [0.1, 0.15) is 5.82 Å². The lowest BCUT2D eigenvalue weighted by Gasteiger charge is -2.30. The van der Waals surface area contributed by atoms with E-state index in [9.17, 15) is 13.2 Å². The van der Waals surface area contributed by atoms with Crippen LogP contribution in [0.15, 0.2) is 24.4 Å². The molecule has 2 aromatic heterocycles. The Bertz CT molecular complexity index is 875. The van der Waals surface area contributed by atoms with Crippen LogP contribution in [0.25, 0.3) is 5.52 Å². The molecule has 1 saturated heterocycles. The van der Waals surface area contributed by atoms with Crippen molar-refractivity contribution in [3.8, 4) is 0 Å². The molecule has 3 heterocycles. The van der Waals surface area contributed by atoms with Crippen molar-refractivity contribution < 1.29 is 13.2 Å². The number of carbonyl (C=O) groups excluding carboxylic acids is 1. The van der Waals surface area contributed by atoms with Gasteiger partial charge in [0.05, 0.1) is 11.8 Å². The van der Waals surface area contributed by atoms with Gasteiger partial charge >= 0.3 is 0 Å². The van der Waals surface area contributed by atoms with Crippen LogP contribution in [0, 0.1) is 0 Å². The van der Waals surface area contributed by atoms with E-state index in [2.05, 4.69) is 10.3 Å². The lowest BCUT2D eigenvalue weighted by Crippen LogP contribution is -2.38. The average Bonchev–Trinajstić information content (AvgIpc) is 2.99. The summed E-state index contributed by atoms with van der Waals surface area (Å²) in [6.07, 6.45) is 5.62. The highest BCUT2D eigenvalue weighted by molar-refractivity contribution is 7.88. The van der Waals surface area contributed by atoms with E-state index in [1.165, 1.54) is 10.6 Å². The number of nitrogens with zero attached hydrogens (tertiary/aromatic N) is 3. The molecule has 1 fully saturated rings. The Kier molecular flexibility index (Phi) is 5.10. The number of nitrogens with one attached hydrogen (secondary N) is 1.